The predicted molar refractivity (Wildman–Crippen MR) is 45.1 cm³/mol. The van der Waals surface area contributed by atoms with Crippen molar-refractivity contribution in [1.82, 2.24) is 0 Å². The topological polar surface area (TPSA) is 43.1 Å². The van der Waals surface area contributed by atoms with Gasteiger partial charge in [-0.2, -0.15) is 13.2 Å². The van der Waals surface area contributed by atoms with Crippen LogP contribution in [0.25, 0.3) is 0 Å². The van der Waals surface area contributed by atoms with E-state index in [0.717, 1.165) is 6.08 Å². The van der Waals surface area contributed by atoms with E-state index in [9.17, 15) is 27.7 Å². The van der Waals surface area contributed by atoms with Gasteiger partial charge in [0.25, 0.3) is 5.70 Å². The Morgan fingerprint density at radius 3 is 2.13 bits per heavy atom. The zero-order chi connectivity index (χ0) is 12.2. The SMILES string of the molecule is C=C(F)/C(=C\C(=C/C)[N+](=O)[O-])C(F)(F)F. The highest BCUT2D eigenvalue weighted by Gasteiger charge is 2.37. The lowest BCUT2D eigenvalue weighted by Gasteiger charge is -2.07. The van der Waals surface area contributed by atoms with Crippen LogP contribution in [-0.2, 0) is 0 Å². The van der Waals surface area contributed by atoms with Crippen molar-refractivity contribution in [2.75, 3.05) is 0 Å². The molecule has 0 aliphatic heterocycles. The smallest absolute Gasteiger partial charge is 0.258 e. The number of hydrogen-bond donors (Lipinski definition) is 0. The molecule has 0 fully saturated rings. The van der Waals surface area contributed by atoms with Gasteiger partial charge >= 0.3 is 6.18 Å². The highest BCUT2D eigenvalue weighted by molar-refractivity contribution is 5.33. The van der Waals surface area contributed by atoms with E-state index in [4.69, 9.17) is 0 Å². The Bertz CT molecular complexity index is 341. The third-order valence-corrected chi connectivity index (χ3v) is 1.40. The van der Waals surface area contributed by atoms with Crippen LogP contribution in [0.5, 0.6) is 0 Å². The molecule has 0 rings (SSSR count). The van der Waals surface area contributed by atoms with Gasteiger partial charge in [0, 0.05) is 6.08 Å². The first kappa shape index (κ1) is 13.3. The number of nitrogens with zero attached hydrogens (tertiary/aromatic N) is 1. The fourth-order valence-electron chi connectivity index (χ4n) is 0.703. The van der Waals surface area contributed by atoms with E-state index in [-0.39, 0.29) is 6.08 Å². The molecule has 0 spiro atoms. The summed E-state index contributed by atoms with van der Waals surface area (Å²) >= 11 is 0. The van der Waals surface area contributed by atoms with Crippen molar-refractivity contribution in [3.63, 3.8) is 0 Å². The van der Waals surface area contributed by atoms with Crippen LogP contribution in [0.2, 0.25) is 0 Å². The molecule has 0 aromatic heterocycles. The van der Waals surface area contributed by atoms with Crippen LogP contribution in [0.3, 0.4) is 0 Å². The summed E-state index contributed by atoms with van der Waals surface area (Å²) in [7, 11) is 0. The van der Waals surface area contributed by atoms with E-state index < -0.39 is 28.2 Å². The molecule has 0 atom stereocenters. The van der Waals surface area contributed by atoms with Crippen LogP contribution in [0.1, 0.15) is 6.92 Å². The Morgan fingerprint density at radius 2 is 1.93 bits per heavy atom. The number of hydrogen-bond acceptors (Lipinski definition) is 2. The Hall–Kier alpha value is -1.66. The van der Waals surface area contributed by atoms with E-state index in [1.165, 1.54) is 6.92 Å². The first-order valence-electron chi connectivity index (χ1n) is 3.64. The molecule has 15 heavy (non-hydrogen) atoms. The molecule has 0 heterocycles. The number of allylic oxidation sites excluding steroid dienone is 4. The second kappa shape index (κ2) is 4.72. The maximum Gasteiger partial charge on any atom is 0.419 e. The Labute approximate surface area is 82.5 Å². The van der Waals surface area contributed by atoms with Crippen molar-refractivity contribution >= 4 is 0 Å². The molecule has 0 aliphatic carbocycles. The molecule has 0 unspecified atom stereocenters. The van der Waals surface area contributed by atoms with E-state index in [0.29, 0.717) is 0 Å². The lowest BCUT2D eigenvalue weighted by atomic mass is 10.2. The predicted octanol–water partition coefficient (Wildman–Crippen LogP) is 3.14. The second-order valence-corrected chi connectivity index (χ2v) is 2.43. The van der Waals surface area contributed by atoms with Gasteiger partial charge in [-0.15, -0.1) is 0 Å². The molecule has 84 valence electrons. The van der Waals surface area contributed by atoms with Crippen LogP contribution in [0.15, 0.2) is 35.8 Å². The van der Waals surface area contributed by atoms with E-state index in [1.807, 2.05) is 0 Å². The summed E-state index contributed by atoms with van der Waals surface area (Å²) in [6.45, 7) is 3.63. The monoisotopic (exact) mass is 225 g/mol. The van der Waals surface area contributed by atoms with Crippen molar-refractivity contribution < 1.29 is 22.5 Å². The van der Waals surface area contributed by atoms with Crippen LogP contribution >= 0.6 is 0 Å². The lowest BCUT2D eigenvalue weighted by Crippen LogP contribution is -2.13. The normalized spacial score (nSPS) is 13.9. The van der Waals surface area contributed by atoms with Gasteiger partial charge in [-0.25, -0.2) is 4.39 Å². The van der Waals surface area contributed by atoms with Gasteiger partial charge in [0.15, 0.2) is 0 Å². The summed E-state index contributed by atoms with van der Waals surface area (Å²) in [5.41, 5.74) is -2.60. The standard InChI is InChI=1S/C8H7F4NO2/c1-3-6(13(14)15)4-7(5(2)9)8(10,11)12/h3-4H,2H2,1H3/b6-3+,7-4+. The highest BCUT2D eigenvalue weighted by Crippen LogP contribution is 2.32. The maximum absolute atomic E-state index is 12.4. The lowest BCUT2D eigenvalue weighted by molar-refractivity contribution is -0.419. The summed E-state index contributed by atoms with van der Waals surface area (Å²) in [4.78, 5) is 9.14. The van der Waals surface area contributed by atoms with Gasteiger partial charge in [0.2, 0.25) is 0 Å². The first-order valence-corrected chi connectivity index (χ1v) is 3.64. The Balaban J connectivity index is 5.37. The number of nitro groups is 1. The average Bonchev–Trinajstić information content (AvgIpc) is 2.01. The van der Waals surface area contributed by atoms with Crippen molar-refractivity contribution in [3.8, 4) is 0 Å². The second-order valence-electron chi connectivity index (χ2n) is 2.43. The molecule has 0 radical (unpaired) electrons. The fourth-order valence-corrected chi connectivity index (χ4v) is 0.703. The molecule has 0 N–H and O–H groups in total. The molecule has 0 amide bonds. The molecule has 0 bridgehead atoms. The summed E-state index contributed by atoms with van der Waals surface area (Å²) in [5.74, 6) is -1.76. The van der Waals surface area contributed by atoms with Crippen molar-refractivity contribution in [2.24, 2.45) is 0 Å². The van der Waals surface area contributed by atoms with Gasteiger partial charge in [-0.1, -0.05) is 6.58 Å². The van der Waals surface area contributed by atoms with E-state index >= 15 is 0 Å². The van der Waals surface area contributed by atoms with Gasteiger partial charge < -0.3 is 0 Å². The first-order chi connectivity index (χ1) is 6.70. The van der Waals surface area contributed by atoms with Gasteiger partial charge in [-0.3, -0.25) is 10.1 Å². The van der Waals surface area contributed by atoms with Gasteiger partial charge in [0.05, 0.1) is 10.5 Å². The highest BCUT2D eigenvalue weighted by atomic mass is 19.4. The summed E-state index contributed by atoms with van der Waals surface area (Å²) < 4.78 is 48.7. The van der Waals surface area contributed by atoms with Crippen molar-refractivity contribution in [1.29, 1.82) is 0 Å². The zero-order valence-corrected chi connectivity index (χ0v) is 7.64. The third kappa shape index (κ3) is 3.92. The van der Waals surface area contributed by atoms with Crippen molar-refractivity contribution in [2.45, 2.75) is 13.1 Å². The Morgan fingerprint density at radius 1 is 1.47 bits per heavy atom. The van der Waals surface area contributed by atoms with Crippen molar-refractivity contribution in [3.05, 3.63) is 45.9 Å². The quantitative estimate of drug-likeness (QED) is 0.320. The van der Waals surface area contributed by atoms with Crippen LogP contribution in [0.4, 0.5) is 17.6 Å². The molecular weight excluding hydrogens is 218 g/mol. The molecule has 0 aromatic rings. The van der Waals surface area contributed by atoms with Crippen LogP contribution < -0.4 is 0 Å². The average molecular weight is 225 g/mol. The minimum absolute atomic E-state index is 0.0995. The number of rotatable bonds is 3. The molecular formula is C8H7F4NO2. The molecule has 0 aliphatic rings. The maximum atomic E-state index is 12.4. The number of halogens is 4. The van der Waals surface area contributed by atoms with Gasteiger partial charge in [-0.05, 0) is 13.0 Å². The minimum Gasteiger partial charge on any atom is -0.258 e. The number of alkyl halides is 3. The Kier molecular flexibility index (Phi) is 4.20. The molecule has 7 heteroatoms. The molecule has 3 nitrogen and oxygen atoms in total. The molecule has 0 aromatic carbocycles. The zero-order valence-electron chi connectivity index (χ0n) is 7.64. The largest absolute Gasteiger partial charge is 0.419 e. The molecule has 0 saturated heterocycles. The minimum atomic E-state index is -5.00. The summed E-state index contributed by atoms with van der Waals surface area (Å²) in [5, 5.41) is 10.2. The fraction of sp³-hybridized carbons (Fsp3) is 0.250. The van der Waals surface area contributed by atoms with E-state index in [1.54, 1.807) is 0 Å². The van der Waals surface area contributed by atoms with Crippen LogP contribution in [-0.4, -0.2) is 11.1 Å². The van der Waals surface area contributed by atoms with Gasteiger partial charge in [0.1, 0.15) is 5.83 Å². The molecule has 0 saturated carbocycles. The summed E-state index contributed by atoms with van der Waals surface area (Å²) in [6.07, 6.45) is -4.08. The summed E-state index contributed by atoms with van der Waals surface area (Å²) in [6, 6.07) is 0. The third-order valence-electron chi connectivity index (χ3n) is 1.40. The van der Waals surface area contributed by atoms with E-state index in [2.05, 4.69) is 6.58 Å². The van der Waals surface area contributed by atoms with Crippen LogP contribution in [0, 0.1) is 10.1 Å².